The van der Waals surface area contributed by atoms with Crippen LogP contribution in [0.5, 0.6) is 0 Å². The van der Waals surface area contributed by atoms with Crippen LogP contribution in [0.2, 0.25) is 0 Å². The smallest absolute Gasteiger partial charge is 0.307 e. The summed E-state index contributed by atoms with van der Waals surface area (Å²) in [4.78, 5) is 11.5. The van der Waals surface area contributed by atoms with Crippen molar-refractivity contribution in [3.8, 4) is 0 Å². The fourth-order valence-corrected chi connectivity index (χ4v) is 2.38. The van der Waals surface area contributed by atoms with Gasteiger partial charge in [0.05, 0.1) is 19.1 Å². The van der Waals surface area contributed by atoms with Gasteiger partial charge in [-0.3, -0.25) is 4.79 Å². The predicted molar refractivity (Wildman–Crippen MR) is 62.3 cm³/mol. The highest BCUT2D eigenvalue weighted by molar-refractivity contribution is 5.71. The molecule has 94 valence electrons. The minimum atomic E-state index is -0.113. The van der Waals surface area contributed by atoms with E-state index in [4.69, 9.17) is 9.47 Å². The van der Waals surface area contributed by atoms with Gasteiger partial charge in [-0.05, 0) is 33.2 Å². The summed E-state index contributed by atoms with van der Waals surface area (Å²) in [6.07, 6.45) is 2.58. The zero-order chi connectivity index (χ0) is 12.0. The maximum absolute atomic E-state index is 11.5. The van der Waals surface area contributed by atoms with Crippen LogP contribution in [0.1, 0.15) is 40.0 Å². The number of rotatable bonds is 7. The molecule has 0 unspecified atom stereocenters. The first kappa shape index (κ1) is 13.5. The van der Waals surface area contributed by atoms with Crippen LogP contribution >= 0.6 is 0 Å². The summed E-state index contributed by atoms with van der Waals surface area (Å²) in [7, 11) is 0. The Labute approximate surface area is 97.7 Å². The van der Waals surface area contributed by atoms with E-state index >= 15 is 0 Å². The molecule has 0 bridgehead atoms. The average molecular weight is 229 g/mol. The lowest BCUT2D eigenvalue weighted by atomic mass is 9.72. The zero-order valence-electron chi connectivity index (χ0n) is 10.5. The van der Waals surface area contributed by atoms with E-state index in [1.54, 1.807) is 0 Å². The molecule has 0 heterocycles. The second-order valence-electron chi connectivity index (χ2n) is 4.28. The molecule has 1 aliphatic rings. The van der Waals surface area contributed by atoms with Gasteiger partial charge >= 0.3 is 5.97 Å². The summed E-state index contributed by atoms with van der Waals surface area (Å²) < 4.78 is 10.5. The van der Waals surface area contributed by atoms with E-state index in [9.17, 15) is 4.79 Å². The molecule has 4 nitrogen and oxygen atoms in total. The monoisotopic (exact) mass is 229 g/mol. The molecular weight excluding hydrogens is 206 g/mol. The Morgan fingerprint density at radius 1 is 1.31 bits per heavy atom. The van der Waals surface area contributed by atoms with Gasteiger partial charge in [0.25, 0.3) is 0 Å². The van der Waals surface area contributed by atoms with Gasteiger partial charge in [0.15, 0.2) is 0 Å². The minimum Gasteiger partial charge on any atom is -0.466 e. The second-order valence-corrected chi connectivity index (χ2v) is 4.28. The molecular formula is C12H23NO3. The highest BCUT2D eigenvalue weighted by atomic mass is 16.5. The Morgan fingerprint density at radius 3 is 2.50 bits per heavy atom. The van der Waals surface area contributed by atoms with Gasteiger partial charge < -0.3 is 14.8 Å². The molecule has 0 atom stereocenters. The highest BCUT2D eigenvalue weighted by Gasteiger charge is 2.45. The van der Waals surface area contributed by atoms with E-state index in [0.29, 0.717) is 19.1 Å². The lowest BCUT2D eigenvalue weighted by Gasteiger charge is -2.47. The second kappa shape index (κ2) is 6.21. The van der Waals surface area contributed by atoms with E-state index < -0.39 is 0 Å². The van der Waals surface area contributed by atoms with Crippen molar-refractivity contribution in [2.24, 2.45) is 0 Å². The highest BCUT2D eigenvalue weighted by Crippen LogP contribution is 2.37. The van der Waals surface area contributed by atoms with Gasteiger partial charge in [0.1, 0.15) is 0 Å². The van der Waals surface area contributed by atoms with Crippen molar-refractivity contribution in [2.45, 2.75) is 51.7 Å². The van der Waals surface area contributed by atoms with Crippen LogP contribution in [-0.2, 0) is 14.3 Å². The summed E-state index contributed by atoms with van der Waals surface area (Å²) in [5, 5.41) is 3.39. The van der Waals surface area contributed by atoms with E-state index in [1.165, 1.54) is 0 Å². The first-order valence-electron chi connectivity index (χ1n) is 6.18. The Bertz CT molecular complexity index is 224. The van der Waals surface area contributed by atoms with Crippen LogP contribution < -0.4 is 5.32 Å². The van der Waals surface area contributed by atoms with Crippen molar-refractivity contribution >= 4 is 5.97 Å². The van der Waals surface area contributed by atoms with Crippen LogP contribution in [0, 0.1) is 0 Å². The van der Waals surface area contributed by atoms with Crippen molar-refractivity contribution in [1.29, 1.82) is 0 Å². The molecule has 0 amide bonds. The molecule has 1 fully saturated rings. The number of ether oxygens (including phenoxy) is 2. The Hall–Kier alpha value is -0.610. The Kier molecular flexibility index (Phi) is 5.22. The van der Waals surface area contributed by atoms with Gasteiger partial charge in [-0.2, -0.15) is 0 Å². The lowest BCUT2D eigenvalue weighted by molar-refractivity contribution is -0.148. The van der Waals surface area contributed by atoms with Crippen LogP contribution in [0.15, 0.2) is 0 Å². The number of carbonyl (C=O) groups is 1. The molecule has 1 rings (SSSR count). The standard InChI is InChI=1S/C12H23NO3/c1-4-13-12(9-11(14)16-6-3)7-10(8-12)15-5-2/h10,13H,4-9H2,1-3H3. The molecule has 0 spiro atoms. The fourth-order valence-electron chi connectivity index (χ4n) is 2.38. The van der Waals surface area contributed by atoms with E-state index in [-0.39, 0.29) is 11.5 Å². The van der Waals surface area contributed by atoms with E-state index in [1.807, 2.05) is 13.8 Å². The quantitative estimate of drug-likeness (QED) is 0.672. The molecule has 0 saturated heterocycles. The van der Waals surface area contributed by atoms with Crippen molar-refractivity contribution in [2.75, 3.05) is 19.8 Å². The van der Waals surface area contributed by atoms with Gasteiger partial charge in [0.2, 0.25) is 0 Å². The summed E-state index contributed by atoms with van der Waals surface area (Å²) >= 11 is 0. The molecule has 0 aromatic heterocycles. The van der Waals surface area contributed by atoms with Crippen molar-refractivity contribution in [3.05, 3.63) is 0 Å². The number of hydrogen-bond donors (Lipinski definition) is 1. The fraction of sp³-hybridized carbons (Fsp3) is 0.917. The van der Waals surface area contributed by atoms with Gasteiger partial charge in [0, 0.05) is 12.1 Å². The molecule has 0 aromatic carbocycles. The third-order valence-electron chi connectivity index (χ3n) is 2.98. The third-order valence-corrected chi connectivity index (χ3v) is 2.98. The van der Waals surface area contributed by atoms with Crippen LogP contribution in [0.25, 0.3) is 0 Å². The Morgan fingerprint density at radius 2 is 2.00 bits per heavy atom. The molecule has 16 heavy (non-hydrogen) atoms. The summed E-state index contributed by atoms with van der Waals surface area (Å²) in [5.74, 6) is -0.113. The summed E-state index contributed by atoms with van der Waals surface area (Å²) in [6.45, 7) is 7.96. The van der Waals surface area contributed by atoms with E-state index in [2.05, 4.69) is 12.2 Å². The maximum atomic E-state index is 11.5. The third kappa shape index (κ3) is 3.46. The molecule has 4 heteroatoms. The molecule has 1 saturated carbocycles. The lowest BCUT2D eigenvalue weighted by Crippen LogP contribution is -2.59. The number of nitrogens with one attached hydrogen (secondary N) is 1. The Balaban J connectivity index is 2.40. The van der Waals surface area contributed by atoms with Crippen molar-refractivity contribution in [1.82, 2.24) is 5.32 Å². The minimum absolute atomic E-state index is 0.0825. The largest absolute Gasteiger partial charge is 0.466 e. The molecule has 0 aromatic rings. The summed E-state index contributed by atoms with van der Waals surface area (Å²) in [6, 6.07) is 0. The molecule has 1 aliphatic carbocycles. The van der Waals surface area contributed by atoms with E-state index in [0.717, 1.165) is 26.0 Å². The first-order chi connectivity index (χ1) is 7.65. The summed E-state index contributed by atoms with van der Waals surface area (Å²) in [5.41, 5.74) is -0.0825. The molecule has 0 radical (unpaired) electrons. The van der Waals surface area contributed by atoms with Gasteiger partial charge in [-0.25, -0.2) is 0 Å². The number of carbonyl (C=O) groups excluding carboxylic acids is 1. The van der Waals surface area contributed by atoms with Crippen LogP contribution in [0.4, 0.5) is 0 Å². The maximum Gasteiger partial charge on any atom is 0.307 e. The van der Waals surface area contributed by atoms with Crippen LogP contribution in [-0.4, -0.2) is 37.4 Å². The van der Waals surface area contributed by atoms with Gasteiger partial charge in [-0.1, -0.05) is 6.92 Å². The molecule has 1 N–H and O–H groups in total. The van der Waals surface area contributed by atoms with Gasteiger partial charge in [-0.15, -0.1) is 0 Å². The molecule has 0 aliphatic heterocycles. The predicted octanol–water partition coefficient (Wildman–Crippen LogP) is 1.49. The van der Waals surface area contributed by atoms with Crippen molar-refractivity contribution < 1.29 is 14.3 Å². The van der Waals surface area contributed by atoms with Crippen molar-refractivity contribution in [3.63, 3.8) is 0 Å². The zero-order valence-corrected chi connectivity index (χ0v) is 10.5. The topological polar surface area (TPSA) is 47.6 Å². The normalized spacial score (nSPS) is 28.6. The first-order valence-corrected chi connectivity index (χ1v) is 6.18. The number of esters is 1. The van der Waals surface area contributed by atoms with Crippen LogP contribution in [0.3, 0.4) is 0 Å². The average Bonchev–Trinajstić information content (AvgIpc) is 2.16. The SMILES string of the molecule is CCNC1(CC(=O)OCC)CC(OCC)C1. The number of hydrogen-bond acceptors (Lipinski definition) is 4.